The van der Waals surface area contributed by atoms with Crippen molar-refractivity contribution < 1.29 is 28.7 Å². The molecule has 4 atom stereocenters. The van der Waals surface area contributed by atoms with Gasteiger partial charge in [-0.15, -0.1) is 11.8 Å². The van der Waals surface area contributed by atoms with Crippen LogP contribution in [0.2, 0.25) is 0 Å². The second-order valence-corrected chi connectivity index (χ2v) is 14.5. The minimum Gasteiger partial charge on any atom is -0.449 e. The zero-order valence-corrected chi connectivity index (χ0v) is 25.5. The molecule has 3 fully saturated rings. The van der Waals surface area contributed by atoms with Crippen LogP contribution in [0.1, 0.15) is 92.4 Å². The van der Waals surface area contributed by atoms with Crippen LogP contribution in [0.3, 0.4) is 0 Å². The van der Waals surface area contributed by atoms with Gasteiger partial charge in [0.25, 0.3) is 11.7 Å². The van der Waals surface area contributed by atoms with Crippen LogP contribution in [-0.2, 0) is 23.9 Å². The molecule has 2 saturated carbocycles. The Balaban J connectivity index is 1.82. The Morgan fingerprint density at radius 3 is 2.12 bits per heavy atom. The number of amides is 4. The summed E-state index contributed by atoms with van der Waals surface area (Å²) in [5.41, 5.74) is 5.08. The van der Waals surface area contributed by atoms with E-state index in [1.54, 1.807) is 4.90 Å². The van der Waals surface area contributed by atoms with Crippen molar-refractivity contribution in [1.29, 1.82) is 0 Å². The quantitative estimate of drug-likeness (QED) is 0.251. The van der Waals surface area contributed by atoms with Gasteiger partial charge < -0.3 is 26.0 Å². The number of ether oxygens (including phenoxy) is 1. The average molecular weight is 581 g/mol. The molecule has 1 heterocycles. The van der Waals surface area contributed by atoms with Crippen LogP contribution >= 0.6 is 11.8 Å². The van der Waals surface area contributed by atoms with Crippen LogP contribution in [0.5, 0.6) is 0 Å². The van der Waals surface area contributed by atoms with Gasteiger partial charge in [-0.25, -0.2) is 4.79 Å². The number of rotatable bonds is 11. The first kappa shape index (κ1) is 32.2. The number of thioether (sulfide) groups is 1. The molecule has 1 unspecified atom stereocenters. The summed E-state index contributed by atoms with van der Waals surface area (Å²) < 4.78 is 5.44. The topological polar surface area (TPSA) is 148 Å². The second kappa shape index (κ2) is 14.0. The molecular weight excluding hydrogens is 532 g/mol. The molecule has 10 nitrogen and oxygen atoms in total. The van der Waals surface area contributed by atoms with Crippen LogP contribution in [0.15, 0.2) is 0 Å². The largest absolute Gasteiger partial charge is 0.449 e. The van der Waals surface area contributed by atoms with Crippen LogP contribution in [-0.4, -0.2) is 70.4 Å². The van der Waals surface area contributed by atoms with Gasteiger partial charge in [-0.3, -0.25) is 19.2 Å². The van der Waals surface area contributed by atoms with E-state index in [9.17, 15) is 24.0 Å². The van der Waals surface area contributed by atoms with Crippen LogP contribution in [0, 0.1) is 23.2 Å². The molecule has 1 aliphatic heterocycles. The van der Waals surface area contributed by atoms with Crippen molar-refractivity contribution >= 4 is 41.4 Å². The summed E-state index contributed by atoms with van der Waals surface area (Å²) in [6.07, 6.45) is 7.49. The monoisotopic (exact) mass is 580 g/mol. The molecule has 0 radical (unpaired) electrons. The number of nitrogens with one attached hydrogen (secondary N) is 2. The smallest absolute Gasteiger partial charge is 0.407 e. The number of alkyl carbamates (subject to hydrolysis) is 1. The molecule has 40 heavy (non-hydrogen) atoms. The maximum atomic E-state index is 14.2. The van der Waals surface area contributed by atoms with E-state index in [0.717, 1.165) is 51.4 Å². The lowest BCUT2D eigenvalue weighted by atomic mass is 9.83. The molecule has 11 heteroatoms. The van der Waals surface area contributed by atoms with Crippen molar-refractivity contribution in [1.82, 2.24) is 15.5 Å². The molecule has 0 aromatic heterocycles. The molecule has 3 aliphatic rings. The van der Waals surface area contributed by atoms with Gasteiger partial charge in [-0.2, -0.15) is 0 Å². The fourth-order valence-corrected chi connectivity index (χ4v) is 7.19. The molecular formula is C29H48N4O6S. The maximum Gasteiger partial charge on any atom is 0.407 e. The highest BCUT2D eigenvalue weighted by molar-refractivity contribution is 8.01. The summed E-state index contributed by atoms with van der Waals surface area (Å²) in [6, 6.07) is -1.63. The van der Waals surface area contributed by atoms with E-state index >= 15 is 0 Å². The minimum absolute atomic E-state index is 0.0522. The Bertz CT molecular complexity index is 941. The average Bonchev–Trinajstić information content (AvgIpc) is 3.32. The number of primary amides is 1. The van der Waals surface area contributed by atoms with Crippen molar-refractivity contribution in [2.45, 2.75) is 115 Å². The van der Waals surface area contributed by atoms with E-state index in [1.165, 1.54) is 11.8 Å². The number of ketones is 1. The number of nitrogens with two attached hydrogens (primary N) is 1. The van der Waals surface area contributed by atoms with E-state index in [2.05, 4.69) is 10.6 Å². The number of carbonyl (C=O) groups excluding carboxylic acids is 5. The highest BCUT2D eigenvalue weighted by Crippen LogP contribution is 2.36. The lowest BCUT2D eigenvalue weighted by Gasteiger charge is -2.36. The minimum atomic E-state index is -1.09. The third-order valence-electron chi connectivity index (χ3n) is 8.28. The highest BCUT2D eigenvalue weighted by Gasteiger charge is 2.47. The summed E-state index contributed by atoms with van der Waals surface area (Å²) in [6.45, 7) is 10.5. The highest BCUT2D eigenvalue weighted by atomic mass is 32.2. The van der Waals surface area contributed by atoms with Gasteiger partial charge in [0.15, 0.2) is 0 Å². The van der Waals surface area contributed by atoms with Gasteiger partial charge in [0.1, 0.15) is 17.5 Å². The normalized spacial score (nSPS) is 23.7. The van der Waals surface area contributed by atoms with Crippen molar-refractivity contribution in [2.75, 3.05) is 13.2 Å². The molecule has 0 aromatic carbocycles. The Labute approximate surface area is 242 Å². The lowest BCUT2D eigenvalue weighted by molar-refractivity contribution is -0.143. The molecule has 0 bridgehead atoms. The predicted molar refractivity (Wildman–Crippen MR) is 154 cm³/mol. The van der Waals surface area contributed by atoms with Gasteiger partial charge in [0.2, 0.25) is 11.8 Å². The lowest BCUT2D eigenvalue weighted by Crippen LogP contribution is -2.59. The Morgan fingerprint density at radius 1 is 0.950 bits per heavy atom. The van der Waals surface area contributed by atoms with Gasteiger partial charge in [-0.1, -0.05) is 60.3 Å². The van der Waals surface area contributed by atoms with Crippen molar-refractivity contribution in [2.24, 2.45) is 28.9 Å². The molecule has 4 amide bonds. The van der Waals surface area contributed by atoms with E-state index in [0.29, 0.717) is 13.0 Å². The summed E-state index contributed by atoms with van der Waals surface area (Å²) in [7, 11) is 0. The zero-order valence-electron chi connectivity index (χ0n) is 24.7. The predicted octanol–water partition coefficient (Wildman–Crippen LogP) is 3.36. The molecule has 4 N–H and O–H groups in total. The number of hydrogen-bond acceptors (Lipinski definition) is 7. The summed E-state index contributed by atoms with van der Waals surface area (Å²) in [5, 5.41) is 4.72. The molecule has 2 aliphatic carbocycles. The van der Waals surface area contributed by atoms with E-state index in [1.807, 2.05) is 34.6 Å². The first-order valence-corrected chi connectivity index (χ1v) is 15.8. The Morgan fingerprint density at radius 2 is 1.60 bits per heavy atom. The van der Waals surface area contributed by atoms with Crippen molar-refractivity contribution in [3.8, 4) is 0 Å². The van der Waals surface area contributed by atoms with Crippen molar-refractivity contribution in [3.05, 3.63) is 0 Å². The Hall–Kier alpha value is -2.30. The van der Waals surface area contributed by atoms with E-state index < -0.39 is 41.1 Å². The molecule has 1 saturated heterocycles. The third-order valence-corrected chi connectivity index (χ3v) is 9.75. The number of likely N-dealkylation sites (tertiary alicyclic amines) is 1. The molecule has 0 spiro atoms. The molecule has 0 aromatic rings. The second-order valence-electron chi connectivity index (χ2n) is 13.1. The number of Topliss-reactive ketones (excluding diaryl/α,β-unsaturated/α-hetero) is 1. The van der Waals surface area contributed by atoms with E-state index in [-0.39, 0.29) is 40.9 Å². The van der Waals surface area contributed by atoms with Crippen LogP contribution in [0.25, 0.3) is 0 Å². The summed E-state index contributed by atoms with van der Waals surface area (Å²) in [5.74, 6) is -2.79. The number of nitrogens with zero attached hydrogens (tertiary/aromatic N) is 1. The SMILES string of the molecule is CC(C)[C@H]1CCN(C(=O)[C@@H](NC(=O)OCC(C)(C)C)C2CCCCC2)[C@@H]1C(=O)NC(SC1CCC1)C(=O)C(N)=O. The summed E-state index contributed by atoms with van der Waals surface area (Å²) >= 11 is 1.26. The fraction of sp³-hybridized carbons (Fsp3) is 0.828. The number of carbonyl (C=O) groups is 5. The Kier molecular flexibility index (Phi) is 11.3. The zero-order chi connectivity index (χ0) is 29.6. The standard InChI is InChI=1S/C29H48N4O6S/c1-17(2)20-14-15-33(22(20)25(36)32-26(23(34)24(30)35)40-19-12-9-13-19)27(37)21(18-10-7-6-8-11-18)31-28(38)39-16-29(3,4)5/h17-22,26H,6-16H2,1-5H3,(H2,30,35)(H,31,38)(H,32,36)/t20-,21+,22+,26?/m1/s1. The van der Waals surface area contributed by atoms with E-state index in [4.69, 9.17) is 10.5 Å². The summed E-state index contributed by atoms with van der Waals surface area (Å²) in [4.78, 5) is 66.7. The van der Waals surface area contributed by atoms with Gasteiger partial charge in [0, 0.05) is 11.8 Å². The molecule has 3 rings (SSSR count). The van der Waals surface area contributed by atoms with Crippen molar-refractivity contribution in [3.63, 3.8) is 0 Å². The van der Waals surface area contributed by atoms with Gasteiger partial charge >= 0.3 is 6.09 Å². The maximum absolute atomic E-state index is 14.2. The number of hydrogen-bond donors (Lipinski definition) is 3. The van der Waals surface area contributed by atoms with Gasteiger partial charge in [-0.05, 0) is 55.3 Å². The van der Waals surface area contributed by atoms with Gasteiger partial charge in [0.05, 0.1) is 6.61 Å². The first-order valence-electron chi connectivity index (χ1n) is 14.8. The third kappa shape index (κ3) is 8.60. The first-order chi connectivity index (χ1) is 18.8. The molecule has 226 valence electrons. The fourth-order valence-electron chi connectivity index (χ4n) is 5.78. The van der Waals surface area contributed by atoms with Crippen LogP contribution < -0.4 is 16.4 Å². The van der Waals surface area contributed by atoms with Crippen LogP contribution in [0.4, 0.5) is 4.79 Å².